The first-order valence-corrected chi connectivity index (χ1v) is 9.92. The van der Waals surface area contributed by atoms with E-state index in [1.54, 1.807) is 17.5 Å². The van der Waals surface area contributed by atoms with Gasteiger partial charge in [0.05, 0.1) is 0 Å². The van der Waals surface area contributed by atoms with E-state index in [0.29, 0.717) is 30.3 Å². The summed E-state index contributed by atoms with van der Waals surface area (Å²) < 4.78 is 5.25. The minimum Gasteiger partial charge on any atom is -0.340 e. The van der Waals surface area contributed by atoms with Crippen LogP contribution >= 0.6 is 11.3 Å². The molecule has 140 valence electrons. The molecular weight excluding hydrogens is 362 g/mol. The normalized spacial score (nSPS) is 15.2. The smallest absolute Gasteiger partial charge is 0.227 e. The SMILES string of the molecule is O=C(CCc1nc(-c2ccccn2)no1)N1CCN(Cc2cccs2)CC1. The lowest BCUT2D eigenvalue weighted by Gasteiger charge is -2.34. The van der Waals surface area contributed by atoms with Crippen molar-refractivity contribution in [2.75, 3.05) is 26.2 Å². The number of pyridine rings is 1. The fraction of sp³-hybridized carbons (Fsp3) is 0.368. The van der Waals surface area contributed by atoms with E-state index in [2.05, 4.69) is 37.5 Å². The Bertz CT molecular complexity index is 857. The maximum absolute atomic E-state index is 12.5. The van der Waals surface area contributed by atoms with E-state index in [1.807, 2.05) is 23.1 Å². The highest BCUT2D eigenvalue weighted by molar-refractivity contribution is 7.09. The molecule has 1 amide bonds. The Morgan fingerprint density at radius 2 is 2.04 bits per heavy atom. The lowest BCUT2D eigenvalue weighted by molar-refractivity contribution is -0.133. The predicted octanol–water partition coefficient (Wildman–Crippen LogP) is 2.47. The highest BCUT2D eigenvalue weighted by Crippen LogP contribution is 2.15. The van der Waals surface area contributed by atoms with Crippen molar-refractivity contribution in [2.24, 2.45) is 0 Å². The highest BCUT2D eigenvalue weighted by Gasteiger charge is 2.22. The molecule has 4 rings (SSSR count). The Morgan fingerprint density at radius 3 is 2.78 bits per heavy atom. The molecule has 0 aromatic carbocycles. The molecule has 7 nitrogen and oxygen atoms in total. The number of amides is 1. The van der Waals surface area contributed by atoms with E-state index in [4.69, 9.17) is 4.52 Å². The summed E-state index contributed by atoms with van der Waals surface area (Å²) in [6.07, 6.45) is 2.52. The van der Waals surface area contributed by atoms with Gasteiger partial charge in [-0.1, -0.05) is 17.3 Å². The summed E-state index contributed by atoms with van der Waals surface area (Å²) in [5.41, 5.74) is 0.667. The third-order valence-corrected chi connectivity index (χ3v) is 5.46. The Balaban J connectivity index is 1.24. The quantitative estimate of drug-likeness (QED) is 0.651. The topological polar surface area (TPSA) is 75.4 Å². The van der Waals surface area contributed by atoms with Gasteiger partial charge in [0.1, 0.15) is 5.69 Å². The van der Waals surface area contributed by atoms with Crippen molar-refractivity contribution in [2.45, 2.75) is 19.4 Å². The largest absolute Gasteiger partial charge is 0.340 e. The van der Waals surface area contributed by atoms with Crippen molar-refractivity contribution in [1.82, 2.24) is 24.9 Å². The van der Waals surface area contributed by atoms with Crippen LogP contribution in [0.5, 0.6) is 0 Å². The van der Waals surface area contributed by atoms with E-state index in [9.17, 15) is 4.79 Å². The fourth-order valence-electron chi connectivity index (χ4n) is 3.11. The second-order valence-electron chi connectivity index (χ2n) is 6.46. The van der Waals surface area contributed by atoms with E-state index < -0.39 is 0 Å². The molecule has 8 heteroatoms. The number of piperazine rings is 1. The van der Waals surface area contributed by atoms with E-state index in [0.717, 1.165) is 32.7 Å². The number of carbonyl (C=O) groups excluding carboxylic acids is 1. The van der Waals surface area contributed by atoms with Crippen LogP contribution in [0.1, 0.15) is 17.2 Å². The molecule has 3 aromatic heterocycles. The van der Waals surface area contributed by atoms with Gasteiger partial charge in [0.25, 0.3) is 0 Å². The first kappa shape index (κ1) is 17.8. The predicted molar refractivity (Wildman–Crippen MR) is 102 cm³/mol. The van der Waals surface area contributed by atoms with Gasteiger partial charge in [-0.3, -0.25) is 14.7 Å². The summed E-state index contributed by atoms with van der Waals surface area (Å²) in [6, 6.07) is 9.78. The highest BCUT2D eigenvalue weighted by atomic mass is 32.1. The van der Waals surface area contributed by atoms with Crippen LogP contribution < -0.4 is 0 Å². The molecule has 0 spiro atoms. The summed E-state index contributed by atoms with van der Waals surface area (Å²) in [4.78, 5) is 26.7. The molecule has 1 aliphatic heterocycles. The third kappa shape index (κ3) is 4.58. The molecule has 3 aromatic rings. The molecule has 0 bridgehead atoms. The molecule has 0 atom stereocenters. The Kier molecular flexibility index (Phi) is 5.55. The van der Waals surface area contributed by atoms with Crippen LogP contribution in [0.15, 0.2) is 46.4 Å². The Hall–Kier alpha value is -2.58. The van der Waals surface area contributed by atoms with Crippen molar-refractivity contribution in [3.05, 3.63) is 52.7 Å². The maximum atomic E-state index is 12.5. The summed E-state index contributed by atoms with van der Waals surface area (Å²) in [5.74, 6) is 1.07. The van der Waals surface area contributed by atoms with Crippen LogP contribution in [-0.4, -0.2) is 57.0 Å². The first-order valence-electron chi connectivity index (χ1n) is 9.04. The number of thiophene rings is 1. The van der Waals surface area contributed by atoms with E-state index >= 15 is 0 Å². The van der Waals surface area contributed by atoms with Gasteiger partial charge in [-0.15, -0.1) is 11.3 Å². The van der Waals surface area contributed by atoms with Crippen molar-refractivity contribution in [3.63, 3.8) is 0 Å². The molecule has 0 aliphatic carbocycles. The van der Waals surface area contributed by atoms with Crippen LogP contribution in [0.2, 0.25) is 0 Å². The Labute approximate surface area is 161 Å². The number of rotatable bonds is 6. The molecule has 0 N–H and O–H groups in total. The average molecular weight is 383 g/mol. The zero-order chi connectivity index (χ0) is 18.5. The van der Waals surface area contributed by atoms with Gasteiger partial charge in [-0.2, -0.15) is 4.98 Å². The van der Waals surface area contributed by atoms with Gasteiger partial charge in [0.2, 0.25) is 17.6 Å². The standard InChI is InChI=1S/C19H21N5O2S/c25-18(24-11-9-23(10-12-24)14-15-4-3-13-27-15)7-6-17-21-19(22-26-17)16-5-1-2-8-20-16/h1-5,8,13H,6-7,9-12,14H2. The molecular formula is C19H21N5O2S. The summed E-state index contributed by atoms with van der Waals surface area (Å²) in [6.45, 7) is 4.33. The molecule has 4 heterocycles. The van der Waals surface area contributed by atoms with Crippen LogP contribution in [-0.2, 0) is 17.8 Å². The molecule has 0 unspecified atom stereocenters. The third-order valence-electron chi connectivity index (χ3n) is 4.60. The zero-order valence-corrected chi connectivity index (χ0v) is 15.8. The molecule has 1 aliphatic rings. The molecule has 1 fully saturated rings. The lowest BCUT2D eigenvalue weighted by atomic mass is 10.2. The minimum atomic E-state index is 0.142. The van der Waals surface area contributed by atoms with Crippen LogP contribution in [0.25, 0.3) is 11.5 Å². The van der Waals surface area contributed by atoms with Gasteiger partial charge in [-0.25, -0.2) is 0 Å². The van der Waals surface area contributed by atoms with Crippen molar-refractivity contribution < 1.29 is 9.32 Å². The second kappa shape index (κ2) is 8.41. The maximum Gasteiger partial charge on any atom is 0.227 e. The first-order chi connectivity index (χ1) is 13.3. The number of carbonyl (C=O) groups is 1. The molecule has 27 heavy (non-hydrogen) atoms. The van der Waals surface area contributed by atoms with Crippen LogP contribution in [0, 0.1) is 0 Å². The lowest BCUT2D eigenvalue weighted by Crippen LogP contribution is -2.48. The summed E-state index contributed by atoms with van der Waals surface area (Å²) in [7, 11) is 0. The monoisotopic (exact) mass is 383 g/mol. The van der Waals surface area contributed by atoms with Crippen molar-refractivity contribution in [1.29, 1.82) is 0 Å². The molecule has 1 saturated heterocycles. The number of hydrogen-bond donors (Lipinski definition) is 0. The second-order valence-corrected chi connectivity index (χ2v) is 7.50. The number of nitrogens with zero attached hydrogens (tertiary/aromatic N) is 5. The minimum absolute atomic E-state index is 0.142. The van der Waals surface area contributed by atoms with Crippen molar-refractivity contribution in [3.8, 4) is 11.5 Å². The number of hydrogen-bond acceptors (Lipinski definition) is 7. The van der Waals surface area contributed by atoms with Crippen molar-refractivity contribution >= 4 is 17.2 Å². The van der Waals surface area contributed by atoms with Gasteiger partial charge < -0.3 is 9.42 Å². The van der Waals surface area contributed by atoms with E-state index in [-0.39, 0.29) is 5.91 Å². The van der Waals surface area contributed by atoms with Gasteiger partial charge in [0, 0.05) is 56.6 Å². The number of aromatic nitrogens is 3. The van der Waals surface area contributed by atoms with Gasteiger partial charge >= 0.3 is 0 Å². The summed E-state index contributed by atoms with van der Waals surface area (Å²) in [5, 5.41) is 6.05. The zero-order valence-electron chi connectivity index (χ0n) is 15.0. The van der Waals surface area contributed by atoms with Crippen LogP contribution in [0.3, 0.4) is 0 Å². The van der Waals surface area contributed by atoms with Gasteiger partial charge in [-0.05, 0) is 23.6 Å². The Morgan fingerprint density at radius 1 is 1.15 bits per heavy atom. The molecule has 0 radical (unpaired) electrons. The molecule has 0 saturated carbocycles. The summed E-state index contributed by atoms with van der Waals surface area (Å²) >= 11 is 1.78. The number of aryl methyl sites for hydroxylation is 1. The fourth-order valence-corrected chi connectivity index (χ4v) is 3.85. The van der Waals surface area contributed by atoms with E-state index in [1.165, 1.54) is 4.88 Å². The van der Waals surface area contributed by atoms with Gasteiger partial charge in [0.15, 0.2) is 0 Å². The average Bonchev–Trinajstić information content (AvgIpc) is 3.39. The van der Waals surface area contributed by atoms with Crippen LogP contribution in [0.4, 0.5) is 0 Å².